The van der Waals surface area contributed by atoms with E-state index in [9.17, 15) is 0 Å². The molecule has 2 aromatic rings. The zero-order valence-electron chi connectivity index (χ0n) is 9.94. The summed E-state index contributed by atoms with van der Waals surface area (Å²) in [6, 6.07) is 6.20. The Morgan fingerprint density at radius 1 is 1.19 bits per heavy atom. The molecule has 1 heterocycles. The summed E-state index contributed by atoms with van der Waals surface area (Å²) in [5.74, 6) is 0.485. The molecular weight excluding hydrogens is 198 g/mol. The van der Waals surface area contributed by atoms with Gasteiger partial charge in [0.15, 0.2) is 0 Å². The van der Waals surface area contributed by atoms with Crippen LogP contribution in [0, 0.1) is 0 Å². The quantitative estimate of drug-likeness (QED) is 0.783. The monoisotopic (exact) mass is 215 g/mol. The molecule has 0 saturated heterocycles. The topological polar surface area (TPSA) is 43.8 Å². The van der Waals surface area contributed by atoms with Crippen LogP contribution in [0.25, 0.3) is 11.1 Å². The van der Waals surface area contributed by atoms with Crippen LogP contribution in [0.3, 0.4) is 0 Å². The maximum absolute atomic E-state index is 5.91. The van der Waals surface area contributed by atoms with E-state index < -0.39 is 0 Å². The Kier molecular flexibility index (Phi) is 2.69. The number of nitrogen functional groups attached to an aromatic ring is 1. The molecule has 0 aliphatic carbocycles. The summed E-state index contributed by atoms with van der Waals surface area (Å²) in [5.41, 5.74) is 10.2. The number of rotatable bonds is 2. The Morgan fingerprint density at radius 2 is 1.94 bits per heavy atom. The number of hydrogen-bond acceptors (Lipinski definition) is 2. The van der Waals surface area contributed by atoms with Crippen molar-refractivity contribution in [3.8, 4) is 11.1 Å². The third-order valence-electron chi connectivity index (χ3n) is 2.68. The molecule has 3 heteroatoms. The van der Waals surface area contributed by atoms with Crippen molar-refractivity contribution < 1.29 is 0 Å². The van der Waals surface area contributed by atoms with Gasteiger partial charge >= 0.3 is 0 Å². The Labute approximate surface area is 95.9 Å². The molecule has 0 atom stereocenters. The lowest BCUT2D eigenvalue weighted by molar-refractivity contribution is 0.768. The molecule has 0 spiro atoms. The van der Waals surface area contributed by atoms with E-state index in [1.54, 1.807) is 4.68 Å². The van der Waals surface area contributed by atoms with Crippen LogP contribution < -0.4 is 5.73 Å². The second-order valence-corrected chi connectivity index (χ2v) is 4.45. The van der Waals surface area contributed by atoms with E-state index in [0.717, 1.165) is 16.8 Å². The minimum absolute atomic E-state index is 0.485. The van der Waals surface area contributed by atoms with Crippen molar-refractivity contribution in [3.05, 3.63) is 36.2 Å². The van der Waals surface area contributed by atoms with Crippen LogP contribution in [0.5, 0.6) is 0 Å². The fraction of sp³-hybridized carbons (Fsp3) is 0.308. The zero-order chi connectivity index (χ0) is 11.7. The summed E-state index contributed by atoms with van der Waals surface area (Å²) < 4.78 is 1.80. The second-order valence-electron chi connectivity index (χ2n) is 4.45. The van der Waals surface area contributed by atoms with Crippen molar-refractivity contribution in [1.82, 2.24) is 9.78 Å². The highest BCUT2D eigenvalue weighted by Gasteiger charge is 2.06. The average molecular weight is 215 g/mol. The van der Waals surface area contributed by atoms with Gasteiger partial charge in [-0.1, -0.05) is 19.9 Å². The predicted octanol–water partition coefficient (Wildman–Crippen LogP) is 2.79. The minimum atomic E-state index is 0.485. The molecule has 0 aliphatic rings. The number of nitrogens with zero attached hydrogens (tertiary/aromatic N) is 2. The van der Waals surface area contributed by atoms with Crippen molar-refractivity contribution >= 4 is 5.69 Å². The summed E-state index contributed by atoms with van der Waals surface area (Å²) in [5, 5.41) is 4.17. The largest absolute Gasteiger partial charge is 0.399 e. The Hall–Kier alpha value is -1.77. The first-order chi connectivity index (χ1) is 7.56. The average Bonchev–Trinajstić information content (AvgIpc) is 2.64. The van der Waals surface area contributed by atoms with Gasteiger partial charge in [0.05, 0.1) is 6.20 Å². The van der Waals surface area contributed by atoms with Gasteiger partial charge in [-0.05, 0) is 29.2 Å². The molecule has 0 unspecified atom stereocenters. The molecular formula is C13H17N3. The van der Waals surface area contributed by atoms with Crippen molar-refractivity contribution in [2.75, 3.05) is 5.73 Å². The van der Waals surface area contributed by atoms with E-state index >= 15 is 0 Å². The fourth-order valence-corrected chi connectivity index (χ4v) is 1.75. The van der Waals surface area contributed by atoms with Crippen LogP contribution in [-0.4, -0.2) is 9.78 Å². The van der Waals surface area contributed by atoms with Gasteiger partial charge in [-0.25, -0.2) is 0 Å². The summed E-state index contributed by atoms with van der Waals surface area (Å²) in [6.45, 7) is 4.34. The Bertz CT molecular complexity index is 498. The number of hydrogen-bond donors (Lipinski definition) is 1. The van der Waals surface area contributed by atoms with Gasteiger partial charge in [-0.3, -0.25) is 4.68 Å². The highest BCUT2D eigenvalue weighted by atomic mass is 15.2. The van der Waals surface area contributed by atoms with Gasteiger partial charge < -0.3 is 5.73 Å². The molecule has 1 aromatic carbocycles. The fourth-order valence-electron chi connectivity index (χ4n) is 1.75. The predicted molar refractivity (Wildman–Crippen MR) is 67.1 cm³/mol. The first-order valence-corrected chi connectivity index (χ1v) is 5.46. The van der Waals surface area contributed by atoms with E-state index in [2.05, 4.69) is 25.0 Å². The third kappa shape index (κ3) is 2.08. The normalized spacial score (nSPS) is 11.0. The molecule has 2 N–H and O–H groups in total. The lowest BCUT2D eigenvalue weighted by Crippen LogP contribution is -1.93. The lowest BCUT2D eigenvalue weighted by atomic mass is 9.98. The highest BCUT2D eigenvalue weighted by Crippen LogP contribution is 2.26. The standard InChI is InChI=1S/C13H17N3/c1-9(2)10-4-11(6-13(14)5-10)12-7-15-16(3)8-12/h4-9H,14H2,1-3H3. The molecule has 0 bridgehead atoms. The Balaban J connectivity index is 2.49. The van der Waals surface area contributed by atoms with E-state index in [4.69, 9.17) is 5.73 Å². The molecule has 0 radical (unpaired) electrons. The molecule has 84 valence electrons. The van der Waals surface area contributed by atoms with Crippen LogP contribution in [-0.2, 0) is 7.05 Å². The number of aromatic nitrogens is 2. The number of nitrogens with two attached hydrogens (primary N) is 1. The molecule has 0 amide bonds. The summed E-state index contributed by atoms with van der Waals surface area (Å²) in [7, 11) is 1.92. The van der Waals surface area contributed by atoms with Crippen LogP contribution in [0.15, 0.2) is 30.6 Å². The third-order valence-corrected chi connectivity index (χ3v) is 2.68. The van der Waals surface area contributed by atoms with E-state index in [-0.39, 0.29) is 0 Å². The SMILES string of the molecule is CC(C)c1cc(N)cc(-c2cnn(C)c2)c1. The molecule has 16 heavy (non-hydrogen) atoms. The molecule has 1 aromatic heterocycles. The lowest BCUT2D eigenvalue weighted by Gasteiger charge is -2.09. The first kappa shape index (κ1) is 10.7. The molecule has 3 nitrogen and oxygen atoms in total. The van der Waals surface area contributed by atoms with Crippen LogP contribution >= 0.6 is 0 Å². The van der Waals surface area contributed by atoms with Gasteiger partial charge in [-0.15, -0.1) is 0 Å². The van der Waals surface area contributed by atoms with Gasteiger partial charge in [0.25, 0.3) is 0 Å². The van der Waals surface area contributed by atoms with Gasteiger partial charge in [-0.2, -0.15) is 5.10 Å². The number of anilines is 1. The van der Waals surface area contributed by atoms with Crippen LogP contribution in [0.4, 0.5) is 5.69 Å². The first-order valence-electron chi connectivity index (χ1n) is 5.46. The van der Waals surface area contributed by atoms with Crippen molar-refractivity contribution in [1.29, 1.82) is 0 Å². The summed E-state index contributed by atoms with van der Waals surface area (Å²) in [4.78, 5) is 0. The maximum atomic E-state index is 5.91. The van der Waals surface area contributed by atoms with Gasteiger partial charge in [0.1, 0.15) is 0 Å². The van der Waals surface area contributed by atoms with E-state index in [1.807, 2.05) is 31.6 Å². The van der Waals surface area contributed by atoms with Gasteiger partial charge in [0, 0.05) is 24.5 Å². The van der Waals surface area contributed by atoms with E-state index in [0.29, 0.717) is 5.92 Å². The second kappa shape index (κ2) is 4.00. The van der Waals surface area contributed by atoms with Gasteiger partial charge in [0.2, 0.25) is 0 Å². The van der Waals surface area contributed by atoms with E-state index in [1.165, 1.54) is 5.56 Å². The number of benzene rings is 1. The molecule has 2 rings (SSSR count). The smallest absolute Gasteiger partial charge is 0.0568 e. The van der Waals surface area contributed by atoms with Crippen LogP contribution in [0.2, 0.25) is 0 Å². The van der Waals surface area contributed by atoms with Crippen molar-refractivity contribution in [2.45, 2.75) is 19.8 Å². The molecule has 0 saturated carbocycles. The maximum Gasteiger partial charge on any atom is 0.0568 e. The summed E-state index contributed by atoms with van der Waals surface area (Å²) >= 11 is 0. The highest BCUT2D eigenvalue weighted by molar-refractivity contribution is 5.67. The van der Waals surface area contributed by atoms with Crippen molar-refractivity contribution in [2.24, 2.45) is 7.05 Å². The zero-order valence-corrected chi connectivity index (χ0v) is 9.94. The summed E-state index contributed by atoms with van der Waals surface area (Å²) in [6.07, 6.45) is 3.86. The molecule has 0 fully saturated rings. The number of aryl methyl sites for hydroxylation is 1. The van der Waals surface area contributed by atoms with Crippen molar-refractivity contribution in [3.63, 3.8) is 0 Å². The molecule has 0 aliphatic heterocycles. The minimum Gasteiger partial charge on any atom is -0.399 e. The Morgan fingerprint density at radius 3 is 2.50 bits per heavy atom. The van der Waals surface area contributed by atoms with Crippen LogP contribution in [0.1, 0.15) is 25.3 Å².